The van der Waals surface area contributed by atoms with Crippen molar-refractivity contribution in [2.24, 2.45) is 5.73 Å². The third kappa shape index (κ3) is 2.33. The van der Waals surface area contributed by atoms with E-state index in [0.717, 1.165) is 15.2 Å². The molecule has 0 amide bonds. The smallest absolute Gasteiger partial charge is 0.168 e. The van der Waals surface area contributed by atoms with Gasteiger partial charge in [-0.1, -0.05) is 28.1 Å². The molecule has 0 fully saturated rings. The van der Waals surface area contributed by atoms with Crippen molar-refractivity contribution >= 4 is 32.5 Å². The van der Waals surface area contributed by atoms with Gasteiger partial charge in [-0.15, -0.1) is 0 Å². The molecule has 0 aromatic heterocycles. The number of benzene rings is 2. The zero-order chi connectivity index (χ0) is 12.4. The van der Waals surface area contributed by atoms with Crippen LogP contribution in [0.2, 0.25) is 0 Å². The van der Waals surface area contributed by atoms with Crippen LogP contribution in [0.25, 0.3) is 10.8 Å². The highest BCUT2D eigenvalue weighted by Gasteiger charge is 2.14. The molecule has 0 aliphatic rings. The Bertz CT molecular complexity index is 581. The van der Waals surface area contributed by atoms with Crippen molar-refractivity contribution in [2.45, 2.75) is 6.42 Å². The summed E-state index contributed by atoms with van der Waals surface area (Å²) in [5.74, 6) is -0.115. The highest BCUT2D eigenvalue weighted by Crippen LogP contribution is 2.30. The number of halogens is 1. The van der Waals surface area contributed by atoms with Gasteiger partial charge in [-0.25, -0.2) is 0 Å². The zero-order valence-electron chi connectivity index (χ0n) is 9.11. The van der Waals surface area contributed by atoms with E-state index in [9.17, 15) is 9.90 Å². The maximum absolute atomic E-state index is 11.9. The van der Waals surface area contributed by atoms with Gasteiger partial charge in [0, 0.05) is 10.9 Å². The van der Waals surface area contributed by atoms with Crippen molar-refractivity contribution in [3.8, 4) is 5.75 Å². The quantitative estimate of drug-likeness (QED) is 0.856. The highest BCUT2D eigenvalue weighted by molar-refractivity contribution is 9.10. The molecule has 3 nitrogen and oxygen atoms in total. The summed E-state index contributed by atoms with van der Waals surface area (Å²) in [7, 11) is 0. The van der Waals surface area contributed by atoms with E-state index >= 15 is 0 Å². The number of aromatic hydroxyl groups is 1. The minimum atomic E-state index is -0.127. The van der Waals surface area contributed by atoms with Crippen LogP contribution in [-0.2, 0) is 0 Å². The van der Waals surface area contributed by atoms with Crippen molar-refractivity contribution < 1.29 is 9.90 Å². The Morgan fingerprint density at radius 1 is 1.29 bits per heavy atom. The van der Waals surface area contributed by atoms with E-state index in [1.54, 1.807) is 12.1 Å². The molecule has 0 radical (unpaired) electrons. The van der Waals surface area contributed by atoms with Crippen molar-refractivity contribution in [3.63, 3.8) is 0 Å². The van der Waals surface area contributed by atoms with E-state index in [4.69, 9.17) is 5.73 Å². The number of ketones is 1. The van der Waals surface area contributed by atoms with Crippen LogP contribution < -0.4 is 5.73 Å². The first-order valence-corrected chi connectivity index (χ1v) is 6.07. The van der Waals surface area contributed by atoms with E-state index in [-0.39, 0.29) is 24.5 Å². The molecule has 0 aliphatic heterocycles. The SMILES string of the molecule is NCCC(=O)c1c(O)ccc2cc(Br)ccc12. The Balaban J connectivity index is 2.67. The first-order valence-electron chi connectivity index (χ1n) is 5.28. The summed E-state index contributed by atoms with van der Waals surface area (Å²) in [4.78, 5) is 11.9. The van der Waals surface area contributed by atoms with E-state index in [1.165, 1.54) is 0 Å². The van der Waals surface area contributed by atoms with E-state index in [1.807, 2.05) is 18.2 Å². The number of hydrogen-bond donors (Lipinski definition) is 2. The standard InChI is InChI=1S/C13H12BrNO2/c14-9-2-3-10-8(7-9)1-4-11(16)13(10)12(17)5-6-15/h1-4,7,16H,5-6,15H2. The number of fused-ring (bicyclic) bond motifs is 1. The zero-order valence-corrected chi connectivity index (χ0v) is 10.7. The van der Waals surface area contributed by atoms with E-state index in [2.05, 4.69) is 15.9 Å². The second-order valence-corrected chi connectivity index (χ2v) is 4.70. The third-order valence-corrected chi connectivity index (χ3v) is 3.10. The number of hydrogen-bond acceptors (Lipinski definition) is 3. The first-order chi connectivity index (χ1) is 8.13. The molecule has 3 N–H and O–H groups in total. The molecule has 88 valence electrons. The van der Waals surface area contributed by atoms with Gasteiger partial charge in [0.25, 0.3) is 0 Å². The van der Waals surface area contributed by atoms with Gasteiger partial charge >= 0.3 is 0 Å². The second-order valence-electron chi connectivity index (χ2n) is 3.79. The molecule has 0 saturated heterocycles. The van der Waals surface area contributed by atoms with Gasteiger partial charge in [-0.2, -0.15) is 0 Å². The van der Waals surface area contributed by atoms with Crippen LogP contribution in [0.5, 0.6) is 5.75 Å². The lowest BCUT2D eigenvalue weighted by Crippen LogP contribution is -2.08. The Morgan fingerprint density at radius 2 is 2.06 bits per heavy atom. The number of nitrogens with two attached hydrogens (primary N) is 1. The molecular weight excluding hydrogens is 282 g/mol. The molecule has 17 heavy (non-hydrogen) atoms. The van der Waals surface area contributed by atoms with Crippen LogP contribution >= 0.6 is 15.9 Å². The first kappa shape index (κ1) is 12.1. The Kier molecular flexibility index (Phi) is 3.45. The third-order valence-electron chi connectivity index (χ3n) is 2.61. The molecule has 0 bridgehead atoms. The monoisotopic (exact) mass is 293 g/mol. The summed E-state index contributed by atoms with van der Waals surface area (Å²) in [6.07, 6.45) is 0.239. The molecule has 2 rings (SSSR count). The molecule has 4 heteroatoms. The molecule has 0 spiro atoms. The summed E-state index contributed by atoms with van der Waals surface area (Å²) in [5.41, 5.74) is 5.74. The minimum Gasteiger partial charge on any atom is -0.507 e. The predicted octanol–water partition coefficient (Wildman–Crippen LogP) is 2.84. The van der Waals surface area contributed by atoms with Gasteiger partial charge in [-0.05, 0) is 35.5 Å². The second kappa shape index (κ2) is 4.85. The average molecular weight is 294 g/mol. The molecule has 0 heterocycles. The van der Waals surface area contributed by atoms with Gasteiger partial charge in [0.15, 0.2) is 5.78 Å². The van der Waals surface area contributed by atoms with Crippen molar-refractivity contribution in [2.75, 3.05) is 6.54 Å². The predicted molar refractivity (Wildman–Crippen MR) is 71.3 cm³/mol. The maximum Gasteiger partial charge on any atom is 0.168 e. The van der Waals surface area contributed by atoms with Gasteiger partial charge < -0.3 is 10.8 Å². The fourth-order valence-corrected chi connectivity index (χ4v) is 2.22. The van der Waals surface area contributed by atoms with Crippen molar-refractivity contribution in [1.82, 2.24) is 0 Å². The topological polar surface area (TPSA) is 63.3 Å². The average Bonchev–Trinajstić information content (AvgIpc) is 2.29. The fraction of sp³-hybridized carbons (Fsp3) is 0.154. The molecule has 0 atom stereocenters. The number of carbonyl (C=O) groups is 1. The number of phenols is 1. The normalized spacial score (nSPS) is 10.7. The number of carbonyl (C=O) groups excluding carboxylic acids is 1. The van der Waals surface area contributed by atoms with E-state index < -0.39 is 0 Å². The van der Waals surface area contributed by atoms with Crippen LogP contribution in [0.15, 0.2) is 34.8 Å². The summed E-state index contributed by atoms with van der Waals surface area (Å²) >= 11 is 3.38. The summed E-state index contributed by atoms with van der Waals surface area (Å²) in [6.45, 7) is 0.283. The van der Waals surface area contributed by atoms with Crippen molar-refractivity contribution in [1.29, 1.82) is 0 Å². The molecule has 2 aromatic carbocycles. The molecule has 0 unspecified atom stereocenters. The summed E-state index contributed by atoms with van der Waals surface area (Å²) < 4.78 is 0.938. The van der Waals surface area contributed by atoms with Gasteiger partial charge in [0.1, 0.15) is 5.75 Å². The van der Waals surface area contributed by atoms with Crippen LogP contribution in [0.1, 0.15) is 16.8 Å². The number of phenolic OH excluding ortho intramolecular Hbond substituents is 1. The van der Waals surface area contributed by atoms with Crippen molar-refractivity contribution in [3.05, 3.63) is 40.4 Å². The fourth-order valence-electron chi connectivity index (χ4n) is 1.84. The Hall–Kier alpha value is -1.39. The molecular formula is C13H12BrNO2. The minimum absolute atomic E-state index is 0.0123. The van der Waals surface area contributed by atoms with Crippen LogP contribution in [0, 0.1) is 0 Å². The lowest BCUT2D eigenvalue weighted by molar-refractivity contribution is 0.0984. The van der Waals surface area contributed by atoms with Crippen LogP contribution in [0.3, 0.4) is 0 Å². The lowest BCUT2D eigenvalue weighted by atomic mass is 9.99. The molecule has 0 aliphatic carbocycles. The lowest BCUT2D eigenvalue weighted by Gasteiger charge is -2.08. The number of Topliss-reactive ketones (excluding diaryl/α,β-unsaturated/α-hetero) is 1. The van der Waals surface area contributed by atoms with Crippen LogP contribution in [-0.4, -0.2) is 17.4 Å². The summed E-state index contributed by atoms with van der Waals surface area (Å²) in [6, 6.07) is 8.91. The number of rotatable bonds is 3. The highest BCUT2D eigenvalue weighted by atomic mass is 79.9. The van der Waals surface area contributed by atoms with E-state index in [0.29, 0.717) is 5.56 Å². The van der Waals surface area contributed by atoms with Crippen LogP contribution in [0.4, 0.5) is 0 Å². The summed E-state index contributed by atoms with van der Waals surface area (Å²) in [5, 5.41) is 11.5. The van der Waals surface area contributed by atoms with Gasteiger partial charge in [0.05, 0.1) is 5.56 Å². The largest absolute Gasteiger partial charge is 0.507 e. The van der Waals surface area contributed by atoms with Gasteiger partial charge in [0.2, 0.25) is 0 Å². The Morgan fingerprint density at radius 3 is 2.76 bits per heavy atom. The molecule has 0 saturated carbocycles. The molecule has 2 aromatic rings. The Labute approximate surface area is 107 Å². The van der Waals surface area contributed by atoms with Gasteiger partial charge in [-0.3, -0.25) is 4.79 Å². The maximum atomic E-state index is 11.9.